The SMILES string of the molecule is Cc1ccc(Cl)cc1NC(=O)C(C)N1CCC(C(=O)N2CC(C)OC(C)C2)CC1. The van der Waals surface area contributed by atoms with Gasteiger partial charge in [0.15, 0.2) is 0 Å². The number of benzene rings is 1. The van der Waals surface area contributed by atoms with Gasteiger partial charge in [-0.1, -0.05) is 17.7 Å². The Morgan fingerprint density at radius 3 is 2.41 bits per heavy atom. The minimum absolute atomic E-state index is 0.0363. The number of morpholine rings is 1. The van der Waals surface area contributed by atoms with Gasteiger partial charge in [0.25, 0.3) is 0 Å². The van der Waals surface area contributed by atoms with E-state index in [0.29, 0.717) is 18.1 Å². The predicted octanol–water partition coefficient (Wildman–Crippen LogP) is 3.32. The van der Waals surface area contributed by atoms with Crippen LogP contribution in [0.5, 0.6) is 0 Å². The zero-order valence-electron chi connectivity index (χ0n) is 17.8. The van der Waals surface area contributed by atoms with Crippen molar-refractivity contribution in [2.45, 2.75) is 58.8 Å². The number of halogens is 1. The maximum absolute atomic E-state index is 12.9. The Bertz CT molecular complexity index is 739. The van der Waals surface area contributed by atoms with Gasteiger partial charge in [-0.2, -0.15) is 0 Å². The van der Waals surface area contributed by atoms with E-state index in [4.69, 9.17) is 16.3 Å². The van der Waals surface area contributed by atoms with E-state index in [2.05, 4.69) is 10.2 Å². The molecule has 2 aliphatic heterocycles. The molecule has 29 heavy (non-hydrogen) atoms. The number of amides is 2. The van der Waals surface area contributed by atoms with Gasteiger partial charge >= 0.3 is 0 Å². The van der Waals surface area contributed by atoms with Crippen molar-refractivity contribution >= 4 is 29.1 Å². The number of piperidine rings is 1. The van der Waals surface area contributed by atoms with Crippen LogP contribution in [-0.2, 0) is 14.3 Å². The van der Waals surface area contributed by atoms with E-state index in [1.54, 1.807) is 6.07 Å². The summed E-state index contributed by atoms with van der Waals surface area (Å²) in [5.74, 6) is 0.225. The van der Waals surface area contributed by atoms with E-state index in [1.807, 2.05) is 44.7 Å². The second kappa shape index (κ2) is 9.45. The van der Waals surface area contributed by atoms with Crippen LogP contribution in [0.1, 0.15) is 39.2 Å². The number of likely N-dealkylation sites (tertiary alicyclic amines) is 1. The highest BCUT2D eigenvalue weighted by atomic mass is 35.5. The number of rotatable bonds is 4. The number of anilines is 1. The summed E-state index contributed by atoms with van der Waals surface area (Å²) in [6.45, 7) is 10.7. The average Bonchev–Trinajstić information content (AvgIpc) is 2.69. The van der Waals surface area contributed by atoms with Gasteiger partial charge in [0.2, 0.25) is 11.8 Å². The summed E-state index contributed by atoms with van der Waals surface area (Å²) in [7, 11) is 0. The van der Waals surface area contributed by atoms with Gasteiger partial charge in [-0.05, 0) is 71.3 Å². The monoisotopic (exact) mass is 421 g/mol. The molecule has 2 heterocycles. The fourth-order valence-corrected chi connectivity index (χ4v) is 4.45. The Morgan fingerprint density at radius 2 is 1.79 bits per heavy atom. The molecular formula is C22H32ClN3O3. The molecule has 2 fully saturated rings. The number of hydrogen-bond acceptors (Lipinski definition) is 4. The standard InChI is InChI=1S/C22H32ClN3O3/c1-14-5-6-19(23)11-20(14)24-21(27)17(4)25-9-7-18(8-10-25)22(28)26-12-15(2)29-16(3)13-26/h5-6,11,15-18H,7-10,12-13H2,1-4H3,(H,24,27). The highest BCUT2D eigenvalue weighted by molar-refractivity contribution is 6.31. The van der Waals surface area contributed by atoms with Gasteiger partial charge < -0.3 is 15.0 Å². The summed E-state index contributed by atoms with van der Waals surface area (Å²) >= 11 is 6.05. The molecule has 7 heteroatoms. The summed E-state index contributed by atoms with van der Waals surface area (Å²) in [6, 6.07) is 5.23. The molecule has 3 atom stereocenters. The lowest BCUT2D eigenvalue weighted by Gasteiger charge is -2.40. The number of ether oxygens (including phenoxy) is 1. The molecule has 0 bridgehead atoms. The highest BCUT2D eigenvalue weighted by Gasteiger charge is 2.34. The second-order valence-corrected chi connectivity index (χ2v) is 8.87. The zero-order valence-corrected chi connectivity index (χ0v) is 18.5. The van der Waals surface area contributed by atoms with E-state index in [9.17, 15) is 9.59 Å². The third-order valence-corrected chi connectivity index (χ3v) is 6.23. The summed E-state index contributed by atoms with van der Waals surface area (Å²) in [5, 5.41) is 3.59. The molecule has 1 aromatic rings. The zero-order chi connectivity index (χ0) is 21.1. The third-order valence-electron chi connectivity index (χ3n) is 5.99. The van der Waals surface area contributed by atoms with E-state index in [-0.39, 0.29) is 36.0 Å². The predicted molar refractivity (Wildman–Crippen MR) is 115 cm³/mol. The molecule has 1 aromatic carbocycles. The first-order valence-electron chi connectivity index (χ1n) is 10.5. The Labute approximate surface area is 178 Å². The summed E-state index contributed by atoms with van der Waals surface area (Å²) in [4.78, 5) is 29.8. The number of carbonyl (C=O) groups is 2. The molecule has 160 valence electrons. The number of nitrogens with one attached hydrogen (secondary N) is 1. The van der Waals surface area contributed by atoms with Crippen LogP contribution in [0.4, 0.5) is 5.69 Å². The molecule has 1 N–H and O–H groups in total. The van der Waals surface area contributed by atoms with Crippen molar-refractivity contribution in [3.8, 4) is 0 Å². The number of carbonyl (C=O) groups excluding carboxylic acids is 2. The largest absolute Gasteiger partial charge is 0.372 e. The van der Waals surface area contributed by atoms with Gasteiger partial charge in [-0.3, -0.25) is 14.5 Å². The van der Waals surface area contributed by atoms with Gasteiger partial charge in [0.1, 0.15) is 0 Å². The first-order valence-corrected chi connectivity index (χ1v) is 10.9. The van der Waals surface area contributed by atoms with Gasteiger partial charge in [0.05, 0.1) is 18.2 Å². The molecule has 2 aliphatic rings. The first kappa shape index (κ1) is 22.1. The number of hydrogen-bond donors (Lipinski definition) is 1. The maximum Gasteiger partial charge on any atom is 0.241 e. The highest BCUT2D eigenvalue weighted by Crippen LogP contribution is 2.25. The molecule has 3 unspecified atom stereocenters. The molecule has 0 saturated carbocycles. The van der Waals surface area contributed by atoms with Crippen molar-refractivity contribution < 1.29 is 14.3 Å². The van der Waals surface area contributed by atoms with Crippen LogP contribution in [0.15, 0.2) is 18.2 Å². The first-order chi connectivity index (χ1) is 13.7. The smallest absolute Gasteiger partial charge is 0.241 e. The van der Waals surface area contributed by atoms with Crippen molar-refractivity contribution in [3.63, 3.8) is 0 Å². The van der Waals surface area contributed by atoms with Crippen molar-refractivity contribution in [3.05, 3.63) is 28.8 Å². The number of nitrogens with zero attached hydrogens (tertiary/aromatic N) is 2. The van der Waals surface area contributed by atoms with Gasteiger partial charge in [0, 0.05) is 29.7 Å². The lowest BCUT2D eigenvalue weighted by molar-refractivity contribution is -0.149. The van der Waals surface area contributed by atoms with Crippen LogP contribution in [0.3, 0.4) is 0 Å². The molecular weight excluding hydrogens is 390 g/mol. The van der Waals surface area contributed by atoms with Crippen LogP contribution in [0, 0.1) is 12.8 Å². The van der Waals surface area contributed by atoms with Crippen LogP contribution < -0.4 is 5.32 Å². The Hall–Kier alpha value is -1.63. The van der Waals surface area contributed by atoms with Crippen LogP contribution in [-0.4, -0.2) is 66.0 Å². The minimum Gasteiger partial charge on any atom is -0.372 e. The fourth-order valence-electron chi connectivity index (χ4n) is 4.28. The van der Waals surface area contributed by atoms with E-state index in [1.165, 1.54) is 0 Å². The lowest BCUT2D eigenvalue weighted by atomic mass is 9.93. The van der Waals surface area contributed by atoms with Crippen molar-refractivity contribution in [1.29, 1.82) is 0 Å². The Balaban J connectivity index is 1.52. The van der Waals surface area contributed by atoms with E-state index in [0.717, 1.165) is 37.2 Å². The maximum atomic E-state index is 12.9. The van der Waals surface area contributed by atoms with Crippen LogP contribution in [0.2, 0.25) is 5.02 Å². The molecule has 0 aromatic heterocycles. The molecule has 2 saturated heterocycles. The quantitative estimate of drug-likeness (QED) is 0.810. The Kier molecular flexibility index (Phi) is 7.19. The average molecular weight is 422 g/mol. The Morgan fingerprint density at radius 1 is 1.17 bits per heavy atom. The van der Waals surface area contributed by atoms with Crippen LogP contribution >= 0.6 is 11.6 Å². The van der Waals surface area contributed by atoms with Gasteiger partial charge in [-0.15, -0.1) is 0 Å². The number of aryl methyl sites for hydroxylation is 1. The molecule has 0 radical (unpaired) electrons. The molecule has 2 amide bonds. The van der Waals surface area contributed by atoms with E-state index >= 15 is 0 Å². The molecule has 3 rings (SSSR count). The molecule has 6 nitrogen and oxygen atoms in total. The minimum atomic E-state index is -0.257. The van der Waals surface area contributed by atoms with Crippen molar-refractivity contribution in [1.82, 2.24) is 9.80 Å². The topological polar surface area (TPSA) is 61.9 Å². The summed E-state index contributed by atoms with van der Waals surface area (Å²) in [5.41, 5.74) is 1.73. The second-order valence-electron chi connectivity index (χ2n) is 8.44. The van der Waals surface area contributed by atoms with Crippen molar-refractivity contribution in [2.24, 2.45) is 5.92 Å². The molecule has 0 aliphatic carbocycles. The normalized spacial score (nSPS) is 24.9. The lowest BCUT2D eigenvalue weighted by Crippen LogP contribution is -2.52. The summed E-state index contributed by atoms with van der Waals surface area (Å²) in [6.07, 6.45) is 1.74. The summed E-state index contributed by atoms with van der Waals surface area (Å²) < 4.78 is 5.74. The third kappa shape index (κ3) is 5.50. The van der Waals surface area contributed by atoms with E-state index < -0.39 is 0 Å². The molecule has 0 spiro atoms. The van der Waals surface area contributed by atoms with Crippen molar-refractivity contribution in [2.75, 3.05) is 31.5 Å². The fraction of sp³-hybridized carbons (Fsp3) is 0.636. The van der Waals surface area contributed by atoms with Gasteiger partial charge in [-0.25, -0.2) is 0 Å². The van der Waals surface area contributed by atoms with Crippen LogP contribution in [0.25, 0.3) is 0 Å².